The highest BCUT2D eigenvalue weighted by Crippen LogP contribution is 2.34. The van der Waals surface area contributed by atoms with E-state index in [9.17, 15) is 0 Å². The van der Waals surface area contributed by atoms with Crippen LogP contribution in [0.1, 0.15) is 65.9 Å². The van der Waals surface area contributed by atoms with Crippen molar-refractivity contribution >= 4 is 0 Å². The van der Waals surface area contributed by atoms with Gasteiger partial charge in [0.05, 0.1) is 0 Å². The summed E-state index contributed by atoms with van der Waals surface area (Å²) in [5.41, 5.74) is 1.23. The van der Waals surface area contributed by atoms with Gasteiger partial charge in [0.1, 0.15) is 11.4 Å². The van der Waals surface area contributed by atoms with Gasteiger partial charge in [-0.15, -0.1) is 0 Å². The van der Waals surface area contributed by atoms with Crippen LogP contribution >= 0.6 is 0 Å². The predicted molar refractivity (Wildman–Crippen MR) is 79.3 cm³/mol. The average Bonchev–Trinajstić information content (AvgIpc) is 2.24. The molecule has 0 aliphatic rings. The smallest absolute Gasteiger partial charge is 0.123 e. The third kappa shape index (κ3) is 4.72. The van der Waals surface area contributed by atoms with Gasteiger partial charge in [0, 0.05) is 0 Å². The van der Waals surface area contributed by atoms with E-state index in [-0.39, 0.29) is 5.60 Å². The normalized spacial score (nSPS) is 13.7. The molecule has 0 spiro atoms. The summed E-state index contributed by atoms with van der Waals surface area (Å²) in [6.45, 7) is 13.2. The zero-order valence-corrected chi connectivity index (χ0v) is 12.8. The van der Waals surface area contributed by atoms with E-state index in [1.165, 1.54) is 18.4 Å². The first kappa shape index (κ1) is 15.1. The summed E-state index contributed by atoms with van der Waals surface area (Å²) in [6.07, 6.45) is 2.39. The van der Waals surface area contributed by atoms with Crippen LogP contribution < -0.4 is 4.74 Å². The largest absolute Gasteiger partial charge is 0.488 e. The van der Waals surface area contributed by atoms with Crippen molar-refractivity contribution in [1.29, 1.82) is 0 Å². The molecule has 0 fully saturated rings. The molecule has 0 saturated carbocycles. The SMILES string of the molecule is CCC(CC(C)C)c1ccccc1OC(C)(C)C. The molecule has 0 N–H and O–H groups in total. The number of hydrogen-bond donors (Lipinski definition) is 0. The lowest BCUT2D eigenvalue weighted by Gasteiger charge is -2.26. The Morgan fingerprint density at radius 1 is 1.11 bits per heavy atom. The zero-order chi connectivity index (χ0) is 13.8. The Balaban J connectivity index is 2.99. The highest BCUT2D eigenvalue weighted by atomic mass is 16.5. The topological polar surface area (TPSA) is 9.23 Å². The number of hydrogen-bond acceptors (Lipinski definition) is 1. The second-order valence-electron chi connectivity index (χ2n) is 6.49. The summed E-state index contributed by atoms with van der Waals surface area (Å²) in [5, 5.41) is 0. The van der Waals surface area contributed by atoms with E-state index >= 15 is 0 Å². The summed E-state index contributed by atoms with van der Waals surface area (Å²) in [5.74, 6) is 2.37. The fourth-order valence-electron chi connectivity index (χ4n) is 2.32. The zero-order valence-electron chi connectivity index (χ0n) is 12.8. The molecule has 0 saturated heterocycles. The standard InChI is InChI=1S/C17H28O/c1-7-14(12-13(2)3)15-10-8-9-11-16(15)18-17(4,5)6/h8-11,13-14H,7,12H2,1-6H3. The van der Waals surface area contributed by atoms with E-state index in [1.807, 2.05) is 0 Å². The Hall–Kier alpha value is -0.980. The van der Waals surface area contributed by atoms with Crippen molar-refractivity contribution in [1.82, 2.24) is 0 Å². The van der Waals surface area contributed by atoms with Crippen LogP contribution in [0.5, 0.6) is 5.75 Å². The van der Waals surface area contributed by atoms with Crippen LogP contribution in [-0.4, -0.2) is 5.60 Å². The minimum absolute atomic E-state index is 0.133. The van der Waals surface area contributed by atoms with Gasteiger partial charge in [-0.3, -0.25) is 0 Å². The molecule has 1 nitrogen and oxygen atoms in total. The first-order valence-electron chi connectivity index (χ1n) is 7.11. The maximum absolute atomic E-state index is 6.10. The molecule has 0 heterocycles. The minimum atomic E-state index is -0.133. The highest BCUT2D eigenvalue weighted by Gasteiger charge is 2.19. The molecule has 1 aromatic carbocycles. The van der Waals surface area contributed by atoms with Gasteiger partial charge in [-0.25, -0.2) is 0 Å². The Kier molecular flexibility index (Phi) is 5.25. The van der Waals surface area contributed by atoms with E-state index < -0.39 is 0 Å². The predicted octanol–water partition coefficient (Wildman–Crippen LogP) is 5.40. The van der Waals surface area contributed by atoms with E-state index in [0.29, 0.717) is 5.92 Å². The summed E-state index contributed by atoms with van der Waals surface area (Å²) < 4.78 is 6.10. The first-order chi connectivity index (χ1) is 8.33. The second kappa shape index (κ2) is 6.26. The van der Waals surface area contributed by atoms with E-state index in [4.69, 9.17) is 4.74 Å². The summed E-state index contributed by atoms with van der Waals surface area (Å²) in [6, 6.07) is 8.50. The Labute approximate surface area is 113 Å². The van der Waals surface area contributed by atoms with Gasteiger partial charge in [0.15, 0.2) is 0 Å². The highest BCUT2D eigenvalue weighted by molar-refractivity contribution is 5.36. The Morgan fingerprint density at radius 3 is 2.22 bits per heavy atom. The van der Waals surface area contributed by atoms with E-state index in [0.717, 1.165) is 11.7 Å². The number of rotatable bonds is 5. The van der Waals surface area contributed by atoms with E-state index in [1.54, 1.807) is 0 Å². The minimum Gasteiger partial charge on any atom is -0.488 e. The lowest BCUT2D eigenvalue weighted by atomic mass is 9.88. The lowest BCUT2D eigenvalue weighted by Crippen LogP contribution is -2.24. The van der Waals surface area contributed by atoms with Gasteiger partial charge in [0.25, 0.3) is 0 Å². The van der Waals surface area contributed by atoms with Crippen molar-refractivity contribution < 1.29 is 4.74 Å². The molecule has 0 bridgehead atoms. The lowest BCUT2D eigenvalue weighted by molar-refractivity contribution is 0.128. The van der Waals surface area contributed by atoms with Crippen molar-refractivity contribution in [2.75, 3.05) is 0 Å². The Morgan fingerprint density at radius 2 is 1.72 bits per heavy atom. The maximum atomic E-state index is 6.10. The molecule has 0 aliphatic carbocycles. The van der Waals surface area contributed by atoms with Gasteiger partial charge in [0.2, 0.25) is 0 Å². The Bertz CT molecular complexity index is 360. The fourth-order valence-corrected chi connectivity index (χ4v) is 2.32. The van der Waals surface area contributed by atoms with Gasteiger partial charge in [-0.2, -0.15) is 0 Å². The van der Waals surface area contributed by atoms with Crippen LogP contribution in [0.15, 0.2) is 24.3 Å². The average molecular weight is 248 g/mol. The van der Waals surface area contributed by atoms with Crippen LogP contribution in [0, 0.1) is 5.92 Å². The number of ether oxygens (including phenoxy) is 1. The van der Waals surface area contributed by atoms with Crippen LogP contribution in [0.4, 0.5) is 0 Å². The molecule has 0 aromatic heterocycles. The van der Waals surface area contributed by atoms with Gasteiger partial charge >= 0.3 is 0 Å². The van der Waals surface area contributed by atoms with Crippen molar-refractivity contribution in [3.05, 3.63) is 29.8 Å². The van der Waals surface area contributed by atoms with Crippen LogP contribution in [0.3, 0.4) is 0 Å². The van der Waals surface area contributed by atoms with Crippen LogP contribution in [0.2, 0.25) is 0 Å². The first-order valence-corrected chi connectivity index (χ1v) is 7.11. The van der Waals surface area contributed by atoms with Crippen LogP contribution in [-0.2, 0) is 0 Å². The molecule has 0 radical (unpaired) electrons. The molecule has 18 heavy (non-hydrogen) atoms. The summed E-state index contributed by atoms with van der Waals surface area (Å²) in [4.78, 5) is 0. The summed E-state index contributed by atoms with van der Waals surface area (Å²) >= 11 is 0. The number of para-hydroxylation sites is 1. The van der Waals surface area contributed by atoms with Gasteiger partial charge in [-0.05, 0) is 57.1 Å². The van der Waals surface area contributed by atoms with Crippen molar-refractivity contribution in [3.8, 4) is 5.75 Å². The molecule has 102 valence electrons. The molecule has 0 amide bonds. The van der Waals surface area contributed by atoms with Crippen molar-refractivity contribution in [2.24, 2.45) is 5.92 Å². The monoisotopic (exact) mass is 248 g/mol. The molecular formula is C17H28O. The van der Waals surface area contributed by atoms with Crippen molar-refractivity contribution in [2.45, 2.75) is 65.9 Å². The van der Waals surface area contributed by atoms with Gasteiger partial charge < -0.3 is 4.74 Å². The molecule has 1 unspecified atom stereocenters. The molecule has 1 heteroatoms. The quantitative estimate of drug-likeness (QED) is 0.677. The molecule has 1 rings (SSSR count). The molecule has 1 aromatic rings. The summed E-state index contributed by atoms with van der Waals surface area (Å²) in [7, 11) is 0. The molecular weight excluding hydrogens is 220 g/mol. The molecule has 1 atom stereocenters. The van der Waals surface area contributed by atoms with E-state index in [2.05, 4.69) is 65.8 Å². The third-order valence-corrected chi connectivity index (χ3v) is 3.02. The maximum Gasteiger partial charge on any atom is 0.123 e. The fraction of sp³-hybridized carbons (Fsp3) is 0.647. The van der Waals surface area contributed by atoms with Crippen molar-refractivity contribution in [3.63, 3.8) is 0 Å². The molecule has 0 aliphatic heterocycles. The third-order valence-electron chi connectivity index (χ3n) is 3.02. The van der Waals surface area contributed by atoms with Crippen LogP contribution in [0.25, 0.3) is 0 Å². The second-order valence-corrected chi connectivity index (χ2v) is 6.49. The number of benzene rings is 1. The van der Waals surface area contributed by atoms with Gasteiger partial charge in [-0.1, -0.05) is 39.0 Å².